The third-order valence-electron chi connectivity index (χ3n) is 5.11. The van der Waals surface area contributed by atoms with Crippen LogP contribution in [0.25, 0.3) is 0 Å². The molecule has 3 rings (SSSR count). The zero-order chi connectivity index (χ0) is 13.5. The number of aromatic nitrogens is 2. The molecule has 0 aliphatic carbocycles. The predicted molar refractivity (Wildman–Crippen MR) is 77.2 cm³/mol. The lowest BCUT2D eigenvalue weighted by molar-refractivity contribution is 0.170. The molecular weight excluding hydrogens is 236 g/mol. The molecule has 2 aliphatic rings. The average Bonchev–Trinajstić information content (AvgIpc) is 3.04. The van der Waals surface area contributed by atoms with Gasteiger partial charge in [-0.2, -0.15) is 0 Å². The van der Waals surface area contributed by atoms with E-state index in [1.54, 1.807) is 0 Å². The molecule has 1 aromatic rings. The third kappa shape index (κ3) is 2.21. The van der Waals surface area contributed by atoms with Crippen LogP contribution < -0.4 is 5.32 Å². The molecule has 19 heavy (non-hydrogen) atoms. The van der Waals surface area contributed by atoms with E-state index >= 15 is 0 Å². The van der Waals surface area contributed by atoms with Gasteiger partial charge in [-0.25, -0.2) is 4.98 Å². The van der Waals surface area contributed by atoms with Gasteiger partial charge in [-0.3, -0.25) is 4.90 Å². The highest BCUT2D eigenvalue weighted by Gasteiger charge is 2.38. The Morgan fingerprint density at radius 1 is 1.21 bits per heavy atom. The van der Waals surface area contributed by atoms with Crippen LogP contribution in [0.3, 0.4) is 0 Å². The fourth-order valence-electron chi connectivity index (χ4n) is 3.73. The van der Waals surface area contributed by atoms with E-state index in [1.807, 2.05) is 19.6 Å². The van der Waals surface area contributed by atoms with Crippen LogP contribution in [0.2, 0.25) is 0 Å². The van der Waals surface area contributed by atoms with E-state index in [-0.39, 0.29) is 5.54 Å². The van der Waals surface area contributed by atoms with Crippen LogP contribution in [0.5, 0.6) is 0 Å². The quantitative estimate of drug-likeness (QED) is 0.906. The molecule has 0 spiro atoms. The van der Waals surface area contributed by atoms with Crippen molar-refractivity contribution < 1.29 is 0 Å². The molecule has 2 atom stereocenters. The van der Waals surface area contributed by atoms with Crippen molar-refractivity contribution in [2.45, 2.75) is 57.2 Å². The van der Waals surface area contributed by atoms with E-state index in [2.05, 4.69) is 33.6 Å². The molecule has 0 amide bonds. The number of hydrogen-bond donors (Lipinski definition) is 1. The highest BCUT2D eigenvalue weighted by atomic mass is 15.3. The number of nitrogens with zero attached hydrogens (tertiary/aromatic N) is 3. The first-order valence-electron chi connectivity index (χ1n) is 7.59. The van der Waals surface area contributed by atoms with Gasteiger partial charge in [0.05, 0.1) is 29.8 Å². The molecule has 3 heterocycles. The van der Waals surface area contributed by atoms with Crippen LogP contribution in [0.1, 0.15) is 51.3 Å². The molecule has 4 nitrogen and oxygen atoms in total. The predicted octanol–water partition coefficient (Wildman–Crippen LogP) is 2.14. The second-order valence-electron chi connectivity index (χ2n) is 6.52. The standard InChI is InChI=1S/C15H26N4/c1-15(2,16-3)14-10-17-11-19(14)13-7-9-18-8-5-4-6-12(13)18/h10-13,16H,4-9H2,1-3H3. The Hall–Kier alpha value is -0.870. The molecule has 2 unspecified atom stereocenters. The zero-order valence-corrected chi connectivity index (χ0v) is 12.4. The van der Waals surface area contributed by atoms with Crippen molar-refractivity contribution in [2.75, 3.05) is 20.1 Å². The van der Waals surface area contributed by atoms with Crippen molar-refractivity contribution in [3.8, 4) is 0 Å². The van der Waals surface area contributed by atoms with E-state index in [4.69, 9.17) is 0 Å². The minimum Gasteiger partial charge on any atom is -0.328 e. The summed E-state index contributed by atoms with van der Waals surface area (Å²) in [4.78, 5) is 7.11. The molecule has 0 aromatic carbocycles. The van der Waals surface area contributed by atoms with E-state index in [1.165, 1.54) is 44.5 Å². The van der Waals surface area contributed by atoms with E-state index in [9.17, 15) is 0 Å². The molecule has 1 N–H and O–H groups in total. The summed E-state index contributed by atoms with van der Waals surface area (Å²) in [6.45, 7) is 7.01. The maximum atomic E-state index is 4.42. The smallest absolute Gasteiger partial charge is 0.0951 e. The lowest BCUT2D eigenvalue weighted by Gasteiger charge is -2.35. The number of rotatable bonds is 3. The van der Waals surface area contributed by atoms with Crippen LogP contribution in [0.15, 0.2) is 12.5 Å². The summed E-state index contributed by atoms with van der Waals surface area (Å²) in [5.41, 5.74) is 1.30. The zero-order valence-electron chi connectivity index (χ0n) is 12.4. The van der Waals surface area contributed by atoms with E-state index in [0.717, 1.165) is 6.04 Å². The molecule has 1 aromatic heterocycles. The number of imidazole rings is 1. The van der Waals surface area contributed by atoms with Crippen LogP contribution in [-0.2, 0) is 5.54 Å². The maximum absolute atomic E-state index is 4.42. The third-order valence-corrected chi connectivity index (χ3v) is 5.11. The number of fused-ring (bicyclic) bond motifs is 1. The van der Waals surface area contributed by atoms with Crippen molar-refractivity contribution in [3.05, 3.63) is 18.2 Å². The van der Waals surface area contributed by atoms with Gasteiger partial charge in [0.25, 0.3) is 0 Å². The number of nitrogens with one attached hydrogen (secondary N) is 1. The van der Waals surface area contributed by atoms with Gasteiger partial charge in [-0.1, -0.05) is 6.42 Å². The Morgan fingerprint density at radius 3 is 2.84 bits per heavy atom. The summed E-state index contributed by atoms with van der Waals surface area (Å²) in [6, 6.07) is 1.35. The minimum absolute atomic E-state index is 0.0153. The molecule has 2 fully saturated rings. The topological polar surface area (TPSA) is 33.1 Å². The van der Waals surface area contributed by atoms with Crippen molar-refractivity contribution in [2.24, 2.45) is 0 Å². The van der Waals surface area contributed by atoms with Gasteiger partial charge >= 0.3 is 0 Å². The molecule has 2 aliphatic heterocycles. The highest BCUT2D eigenvalue weighted by Crippen LogP contribution is 2.37. The van der Waals surface area contributed by atoms with Crippen molar-refractivity contribution in [1.82, 2.24) is 19.8 Å². The summed E-state index contributed by atoms with van der Waals surface area (Å²) in [6.07, 6.45) is 9.45. The fraction of sp³-hybridized carbons (Fsp3) is 0.800. The van der Waals surface area contributed by atoms with E-state index < -0.39 is 0 Å². The molecule has 106 valence electrons. The lowest BCUT2D eigenvalue weighted by atomic mass is 9.96. The summed E-state index contributed by atoms with van der Waals surface area (Å²) in [5, 5.41) is 3.41. The second kappa shape index (κ2) is 4.91. The number of piperidine rings is 1. The van der Waals surface area contributed by atoms with Crippen LogP contribution in [-0.4, -0.2) is 40.6 Å². The molecule has 2 saturated heterocycles. The highest BCUT2D eigenvalue weighted by molar-refractivity contribution is 5.14. The summed E-state index contributed by atoms with van der Waals surface area (Å²) >= 11 is 0. The molecule has 4 heteroatoms. The number of hydrogen-bond acceptors (Lipinski definition) is 3. The monoisotopic (exact) mass is 262 g/mol. The van der Waals surface area contributed by atoms with Crippen molar-refractivity contribution in [3.63, 3.8) is 0 Å². The SMILES string of the molecule is CNC(C)(C)c1cncn1C1CCN2CCCCC12. The Bertz CT molecular complexity index is 437. The largest absolute Gasteiger partial charge is 0.328 e. The van der Waals surface area contributed by atoms with Gasteiger partial charge in [0.2, 0.25) is 0 Å². The van der Waals surface area contributed by atoms with Crippen molar-refractivity contribution in [1.29, 1.82) is 0 Å². The van der Waals surface area contributed by atoms with Gasteiger partial charge in [0.15, 0.2) is 0 Å². The maximum Gasteiger partial charge on any atom is 0.0951 e. The molecule has 0 saturated carbocycles. The Kier molecular flexibility index (Phi) is 3.39. The molecular formula is C15H26N4. The summed E-state index contributed by atoms with van der Waals surface area (Å²) in [5.74, 6) is 0. The van der Waals surface area contributed by atoms with Gasteiger partial charge < -0.3 is 9.88 Å². The molecule has 0 bridgehead atoms. The first kappa shape index (κ1) is 13.1. The van der Waals surface area contributed by atoms with Crippen molar-refractivity contribution >= 4 is 0 Å². The minimum atomic E-state index is -0.0153. The fourth-order valence-corrected chi connectivity index (χ4v) is 3.73. The van der Waals surface area contributed by atoms with Crippen LogP contribution in [0.4, 0.5) is 0 Å². The normalized spacial score (nSPS) is 28.6. The van der Waals surface area contributed by atoms with Crippen LogP contribution in [0, 0.1) is 0 Å². The van der Waals surface area contributed by atoms with Gasteiger partial charge in [0, 0.05) is 12.6 Å². The summed E-state index contributed by atoms with van der Waals surface area (Å²) < 4.78 is 2.44. The summed E-state index contributed by atoms with van der Waals surface area (Å²) in [7, 11) is 2.03. The van der Waals surface area contributed by atoms with Gasteiger partial charge in [-0.15, -0.1) is 0 Å². The second-order valence-corrected chi connectivity index (χ2v) is 6.52. The Morgan fingerprint density at radius 2 is 2.05 bits per heavy atom. The first-order chi connectivity index (χ1) is 9.13. The first-order valence-corrected chi connectivity index (χ1v) is 7.59. The van der Waals surface area contributed by atoms with Gasteiger partial charge in [-0.05, 0) is 46.7 Å². The Balaban J connectivity index is 1.89. The Labute approximate surface area is 116 Å². The van der Waals surface area contributed by atoms with E-state index in [0.29, 0.717) is 6.04 Å². The lowest BCUT2D eigenvalue weighted by Crippen LogP contribution is -2.40. The van der Waals surface area contributed by atoms with Crippen LogP contribution >= 0.6 is 0 Å². The average molecular weight is 262 g/mol. The molecule has 0 radical (unpaired) electrons. The van der Waals surface area contributed by atoms with Gasteiger partial charge in [0.1, 0.15) is 0 Å².